The monoisotopic (exact) mass is 360 g/mol. The molecule has 0 radical (unpaired) electrons. The number of nitrogens with one attached hydrogen (secondary N) is 1. The Labute approximate surface area is 159 Å². The molecule has 1 N–H and O–H groups in total. The topological polar surface area (TPSA) is 58.1 Å². The third-order valence-electron chi connectivity index (χ3n) is 5.20. The molecule has 1 atom stereocenters. The Balaban J connectivity index is 1.50. The fourth-order valence-electron chi connectivity index (χ4n) is 3.60. The molecule has 1 unspecified atom stereocenters. The number of para-hydroxylation sites is 2. The van der Waals surface area contributed by atoms with E-state index in [1.54, 1.807) is 0 Å². The molecule has 1 saturated heterocycles. The van der Waals surface area contributed by atoms with Crippen LogP contribution in [0.3, 0.4) is 0 Å². The van der Waals surface area contributed by atoms with Gasteiger partial charge < -0.3 is 10.2 Å². The number of fused-ring (bicyclic) bond motifs is 1. The maximum Gasteiger partial charge on any atom is 0.229 e. The zero-order valence-corrected chi connectivity index (χ0v) is 15.8. The van der Waals surface area contributed by atoms with Gasteiger partial charge in [0.05, 0.1) is 23.1 Å². The molecule has 1 fully saturated rings. The lowest BCUT2D eigenvalue weighted by atomic mass is 9.96. The lowest BCUT2D eigenvalue weighted by Crippen LogP contribution is -2.41. The van der Waals surface area contributed by atoms with Crippen LogP contribution in [0, 0.1) is 19.8 Å². The van der Waals surface area contributed by atoms with Crippen LogP contribution in [0.4, 0.5) is 11.5 Å². The van der Waals surface area contributed by atoms with E-state index in [0.29, 0.717) is 6.54 Å². The van der Waals surface area contributed by atoms with Gasteiger partial charge in [-0.3, -0.25) is 9.78 Å². The van der Waals surface area contributed by atoms with E-state index in [9.17, 15) is 4.79 Å². The number of amides is 1. The molecule has 3 aromatic rings. The molecule has 5 nitrogen and oxygen atoms in total. The molecule has 0 spiro atoms. The number of carbonyl (C=O) groups excluding carboxylic acids is 1. The van der Waals surface area contributed by atoms with Crippen LogP contribution in [0.25, 0.3) is 11.0 Å². The second-order valence-electron chi connectivity index (χ2n) is 7.31. The summed E-state index contributed by atoms with van der Waals surface area (Å²) in [4.78, 5) is 24.3. The first-order chi connectivity index (χ1) is 13.1. The molecular weight excluding hydrogens is 336 g/mol. The lowest BCUT2D eigenvalue weighted by Gasteiger charge is -2.32. The first kappa shape index (κ1) is 17.5. The predicted molar refractivity (Wildman–Crippen MR) is 109 cm³/mol. The summed E-state index contributed by atoms with van der Waals surface area (Å²) in [5, 5.41) is 3.12. The predicted octanol–water partition coefficient (Wildman–Crippen LogP) is 4.10. The van der Waals surface area contributed by atoms with Gasteiger partial charge >= 0.3 is 0 Å². The van der Waals surface area contributed by atoms with Crippen LogP contribution in [0.2, 0.25) is 0 Å². The van der Waals surface area contributed by atoms with Crippen molar-refractivity contribution in [3.8, 4) is 0 Å². The quantitative estimate of drug-likeness (QED) is 0.764. The van der Waals surface area contributed by atoms with Gasteiger partial charge in [0.25, 0.3) is 0 Å². The largest absolute Gasteiger partial charge is 0.355 e. The Kier molecular flexibility index (Phi) is 4.75. The maximum atomic E-state index is 12.8. The molecule has 2 heterocycles. The van der Waals surface area contributed by atoms with Gasteiger partial charge in [0, 0.05) is 18.8 Å². The number of anilines is 2. The van der Waals surface area contributed by atoms with Crippen LogP contribution >= 0.6 is 0 Å². The Bertz CT molecular complexity index is 985. The molecular formula is C22H24N4O. The van der Waals surface area contributed by atoms with Crippen LogP contribution in [0.5, 0.6) is 0 Å². The number of rotatable bonds is 3. The number of hydrogen-bond donors (Lipinski definition) is 1. The van der Waals surface area contributed by atoms with Crippen LogP contribution in [0.15, 0.2) is 48.7 Å². The summed E-state index contributed by atoms with van der Waals surface area (Å²) >= 11 is 0. The van der Waals surface area contributed by atoms with Crippen molar-refractivity contribution in [2.24, 2.45) is 5.92 Å². The van der Waals surface area contributed by atoms with Gasteiger partial charge in [-0.1, -0.05) is 24.3 Å². The van der Waals surface area contributed by atoms with Gasteiger partial charge in [0.1, 0.15) is 5.82 Å². The smallest absolute Gasteiger partial charge is 0.229 e. The van der Waals surface area contributed by atoms with E-state index in [1.165, 1.54) is 0 Å². The summed E-state index contributed by atoms with van der Waals surface area (Å²) in [6, 6.07) is 14.0. The molecule has 2 aromatic carbocycles. The maximum absolute atomic E-state index is 12.8. The van der Waals surface area contributed by atoms with Crippen molar-refractivity contribution >= 4 is 28.4 Å². The molecule has 0 bridgehead atoms. The Morgan fingerprint density at radius 1 is 1.15 bits per heavy atom. The highest BCUT2D eigenvalue weighted by Crippen LogP contribution is 2.25. The fraction of sp³-hybridized carbons (Fsp3) is 0.318. The summed E-state index contributed by atoms with van der Waals surface area (Å²) in [7, 11) is 0. The summed E-state index contributed by atoms with van der Waals surface area (Å²) in [5.41, 5.74) is 4.91. The highest BCUT2D eigenvalue weighted by molar-refractivity contribution is 5.93. The third kappa shape index (κ3) is 3.77. The van der Waals surface area contributed by atoms with E-state index in [2.05, 4.69) is 21.3 Å². The van der Waals surface area contributed by atoms with Gasteiger partial charge in [0.2, 0.25) is 5.91 Å². The zero-order chi connectivity index (χ0) is 18.8. The first-order valence-electron chi connectivity index (χ1n) is 9.45. The number of aryl methyl sites for hydroxylation is 2. The van der Waals surface area contributed by atoms with E-state index in [1.807, 2.05) is 56.4 Å². The third-order valence-corrected chi connectivity index (χ3v) is 5.20. The van der Waals surface area contributed by atoms with Crippen LogP contribution in [-0.4, -0.2) is 29.0 Å². The molecule has 1 aromatic heterocycles. The van der Waals surface area contributed by atoms with Crippen molar-refractivity contribution in [2.75, 3.05) is 23.3 Å². The van der Waals surface area contributed by atoms with E-state index in [0.717, 1.165) is 53.1 Å². The Hall–Kier alpha value is -2.95. The van der Waals surface area contributed by atoms with Crippen LogP contribution in [-0.2, 0) is 4.79 Å². The van der Waals surface area contributed by atoms with Gasteiger partial charge in [0.15, 0.2) is 0 Å². The van der Waals surface area contributed by atoms with Crippen molar-refractivity contribution < 1.29 is 4.79 Å². The molecule has 1 aliphatic rings. The molecule has 5 heteroatoms. The average Bonchev–Trinajstić information content (AvgIpc) is 2.70. The number of hydrogen-bond acceptors (Lipinski definition) is 4. The molecule has 27 heavy (non-hydrogen) atoms. The van der Waals surface area contributed by atoms with E-state index in [4.69, 9.17) is 4.98 Å². The van der Waals surface area contributed by atoms with Crippen LogP contribution < -0.4 is 10.2 Å². The van der Waals surface area contributed by atoms with Gasteiger partial charge in [-0.2, -0.15) is 0 Å². The number of carbonyl (C=O) groups is 1. The molecule has 1 amide bonds. The number of nitrogens with zero attached hydrogens (tertiary/aromatic N) is 3. The standard InChI is InChI=1S/C22H24N4O/c1-15-9-10-16(2)20(12-15)25-22(27)17-6-5-11-26(14-17)21-13-23-18-7-3-4-8-19(18)24-21/h3-4,7-10,12-13,17H,5-6,11,14H2,1-2H3,(H,25,27). The fourth-order valence-corrected chi connectivity index (χ4v) is 3.60. The Morgan fingerprint density at radius 2 is 1.96 bits per heavy atom. The summed E-state index contributed by atoms with van der Waals surface area (Å²) in [6.45, 7) is 5.63. The van der Waals surface area contributed by atoms with E-state index < -0.39 is 0 Å². The lowest BCUT2D eigenvalue weighted by molar-refractivity contribution is -0.120. The van der Waals surface area contributed by atoms with Crippen molar-refractivity contribution in [2.45, 2.75) is 26.7 Å². The van der Waals surface area contributed by atoms with Gasteiger partial charge in [-0.25, -0.2) is 4.98 Å². The zero-order valence-electron chi connectivity index (χ0n) is 15.8. The Morgan fingerprint density at radius 3 is 2.81 bits per heavy atom. The minimum Gasteiger partial charge on any atom is -0.355 e. The molecule has 0 saturated carbocycles. The SMILES string of the molecule is Cc1ccc(C)c(NC(=O)C2CCCN(c3cnc4ccccc4n3)C2)c1. The molecule has 138 valence electrons. The molecule has 0 aliphatic carbocycles. The summed E-state index contributed by atoms with van der Waals surface area (Å²) in [6.07, 6.45) is 3.68. The highest BCUT2D eigenvalue weighted by Gasteiger charge is 2.27. The number of benzene rings is 2. The molecule has 1 aliphatic heterocycles. The van der Waals surface area contributed by atoms with Crippen molar-refractivity contribution in [3.05, 3.63) is 59.8 Å². The van der Waals surface area contributed by atoms with E-state index in [-0.39, 0.29) is 11.8 Å². The highest BCUT2D eigenvalue weighted by atomic mass is 16.1. The van der Waals surface area contributed by atoms with Crippen molar-refractivity contribution in [1.82, 2.24) is 9.97 Å². The summed E-state index contributed by atoms with van der Waals surface area (Å²) < 4.78 is 0. The summed E-state index contributed by atoms with van der Waals surface area (Å²) in [5.74, 6) is 0.881. The second-order valence-corrected chi connectivity index (χ2v) is 7.31. The van der Waals surface area contributed by atoms with E-state index >= 15 is 0 Å². The number of aromatic nitrogens is 2. The van der Waals surface area contributed by atoms with Crippen molar-refractivity contribution in [1.29, 1.82) is 0 Å². The minimum atomic E-state index is -0.0491. The molecule has 4 rings (SSSR count). The second kappa shape index (κ2) is 7.35. The normalized spacial score (nSPS) is 17.1. The van der Waals surface area contributed by atoms with Gasteiger partial charge in [-0.05, 0) is 56.0 Å². The van der Waals surface area contributed by atoms with Crippen molar-refractivity contribution in [3.63, 3.8) is 0 Å². The minimum absolute atomic E-state index is 0.0491. The van der Waals surface area contributed by atoms with Gasteiger partial charge in [-0.15, -0.1) is 0 Å². The number of piperidine rings is 1. The first-order valence-corrected chi connectivity index (χ1v) is 9.45. The van der Waals surface area contributed by atoms with Crippen LogP contribution in [0.1, 0.15) is 24.0 Å². The average molecular weight is 360 g/mol.